The lowest BCUT2D eigenvalue weighted by molar-refractivity contribution is -0.106. The van der Waals surface area contributed by atoms with Gasteiger partial charge in [-0.25, -0.2) is 9.97 Å². The first-order valence-electron chi connectivity index (χ1n) is 8.59. The standard InChI is InChI=1S/C17H18ClN5.C2H4O/c1-19-11-6-7-23(10-11)16-8-12(13(18)9-20-16)17-21-14-4-2-3-5-15(14)22-17;1-2-3/h2-5,8-9,11,19H,6-7,10H2,1H3,(H,21,22);2H,1H3. The summed E-state index contributed by atoms with van der Waals surface area (Å²) >= 11 is 6.37. The van der Waals surface area contributed by atoms with Crippen molar-refractivity contribution in [3.63, 3.8) is 0 Å². The Morgan fingerprint density at radius 1 is 1.38 bits per heavy atom. The molecule has 3 aromatic rings. The van der Waals surface area contributed by atoms with Crippen molar-refractivity contribution in [2.75, 3.05) is 25.0 Å². The van der Waals surface area contributed by atoms with E-state index in [2.05, 4.69) is 25.2 Å². The Morgan fingerprint density at radius 2 is 2.15 bits per heavy atom. The molecule has 3 heterocycles. The molecule has 1 aromatic carbocycles. The van der Waals surface area contributed by atoms with Gasteiger partial charge in [-0.1, -0.05) is 23.7 Å². The van der Waals surface area contributed by atoms with Gasteiger partial charge in [0.1, 0.15) is 17.9 Å². The van der Waals surface area contributed by atoms with Gasteiger partial charge >= 0.3 is 0 Å². The second-order valence-corrected chi connectivity index (χ2v) is 6.49. The average Bonchev–Trinajstić information content (AvgIpc) is 3.29. The van der Waals surface area contributed by atoms with E-state index in [9.17, 15) is 0 Å². The van der Waals surface area contributed by atoms with Crippen LogP contribution in [0.4, 0.5) is 5.82 Å². The number of hydrogen-bond donors (Lipinski definition) is 2. The van der Waals surface area contributed by atoms with Gasteiger partial charge < -0.3 is 20.0 Å². The van der Waals surface area contributed by atoms with Gasteiger partial charge in [0.15, 0.2) is 0 Å². The van der Waals surface area contributed by atoms with Crippen molar-refractivity contribution in [1.82, 2.24) is 20.3 Å². The van der Waals surface area contributed by atoms with E-state index in [1.54, 1.807) is 6.20 Å². The highest BCUT2D eigenvalue weighted by Crippen LogP contribution is 2.31. The molecule has 26 heavy (non-hydrogen) atoms. The molecule has 1 saturated heterocycles. The van der Waals surface area contributed by atoms with Gasteiger partial charge in [-0.3, -0.25) is 0 Å². The lowest BCUT2D eigenvalue weighted by Crippen LogP contribution is -2.29. The van der Waals surface area contributed by atoms with Crippen LogP contribution in [0.1, 0.15) is 13.3 Å². The Hall–Kier alpha value is -2.44. The van der Waals surface area contributed by atoms with Gasteiger partial charge in [0.2, 0.25) is 0 Å². The van der Waals surface area contributed by atoms with E-state index in [1.165, 1.54) is 6.92 Å². The smallest absolute Gasteiger partial charge is 0.140 e. The highest BCUT2D eigenvalue weighted by atomic mass is 35.5. The van der Waals surface area contributed by atoms with E-state index in [0.717, 1.165) is 54.0 Å². The second-order valence-electron chi connectivity index (χ2n) is 6.08. The van der Waals surface area contributed by atoms with Crippen LogP contribution >= 0.6 is 11.6 Å². The Morgan fingerprint density at radius 3 is 2.85 bits per heavy atom. The number of carbonyl (C=O) groups excluding carboxylic acids is 1. The molecule has 0 spiro atoms. The van der Waals surface area contributed by atoms with E-state index in [-0.39, 0.29) is 0 Å². The minimum Gasteiger partial charge on any atom is -0.355 e. The number of aldehydes is 1. The number of aromatic amines is 1. The fourth-order valence-corrected chi connectivity index (χ4v) is 3.26. The number of imidazole rings is 1. The summed E-state index contributed by atoms with van der Waals surface area (Å²) in [4.78, 5) is 23.6. The predicted octanol–water partition coefficient (Wildman–Crippen LogP) is 3.28. The lowest BCUT2D eigenvalue weighted by Gasteiger charge is -2.18. The molecule has 136 valence electrons. The molecule has 0 aliphatic carbocycles. The molecule has 0 bridgehead atoms. The number of nitrogens with zero attached hydrogens (tertiary/aromatic N) is 3. The summed E-state index contributed by atoms with van der Waals surface area (Å²) in [7, 11) is 2.00. The van der Waals surface area contributed by atoms with Gasteiger partial charge in [0.25, 0.3) is 0 Å². The summed E-state index contributed by atoms with van der Waals surface area (Å²) in [6.45, 7) is 3.41. The summed E-state index contributed by atoms with van der Waals surface area (Å²) in [5, 5.41) is 3.93. The number of halogens is 1. The van der Waals surface area contributed by atoms with Crippen molar-refractivity contribution in [2.24, 2.45) is 0 Å². The average molecular weight is 372 g/mol. The van der Waals surface area contributed by atoms with Crippen LogP contribution in [0.5, 0.6) is 0 Å². The van der Waals surface area contributed by atoms with Crippen molar-refractivity contribution >= 4 is 34.7 Å². The molecular weight excluding hydrogens is 350 g/mol. The quantitative estimate of drug-likeness (QED) is 0.691. The van der Waals surface area contributed by atoms with Crippen molar-refractivity contribution in [1.29, 1.82) is 0 Å². The number of hydrogen-bond acceptors (Lipinski definition) is 5. The Bertz CT molecular complexity index is 862. The molecule has 2 N–H and O–H groups in total. The SMILES string of the molecule is CC=O.CNC1CCN(c2cc(-c3nc4ccccc4[nH]3)c(Cl)cn2)C1. The number of anilines is 1. The highest BCUT2D eigenvalue weighted by Gasteiger charge is 2.23. The summed E-state index contributed by atoms with van der Waals surface area (Å²) in [6.07, 6.45) is 3.59. The maximum Gasteiger partial charge on any atom is 0.140 e. The summed E-state index contributed by atoms with van der Waals surface area (Å²) in [6, 6.07) is 10.5. The third kappa shape index (κ3) is 3.86. The van der Waals surface area contributed by atoms with Gasteiger partial charge in [0, 0.05) is 30.9 Å². The molecule has 1 fully saturated rings. The number of carbonyl (C=O) groups is 1. The molecule has 1 aliphatic heterocycles. The van der Waals surface area contributed by atoms with Crippen LogP contribution in [-0.2, 0) is 4.79 Å². The van der Waals surface area contributed by atoms with Crippen molar-refractivity contribution in [2.45, 2.75) is 19.4 Å². The Labute approximate surface area is 157 Å². The molecular formula is C19H22ClN5O. The lowest BCUT2D eigenvalue weighted by atomic mass is 10.2. The van der Waals surface area contributed by atoms with Crippen LogP contribution in [-0.4, -0.2) is 47.4 Å². The zero-order valence-corrected chi connectivity index (χ0v) is 15.6. The monoisotopic (exact) mass is 371 g/mol. The number of aromatic nitrogens is 3. The minimum absolute atomic E-state index is 0.516. The first-order chi connectivity index (χ1) is 12.7. The number of pyridine rings is 1. The largest absolute Gasteiger partial charge is 0.355 e. The van der Waals surface area contributed by atoms with Crippen LogP contribution in [0.2, 0.25) is 5.02 Å². The number of nitrogens with one attached hydrogen (secondary N) is 2. The molecule has 1 aliphatic rings. The van der Waals surface area contributed by atoms with E-state index in [0.29, 0.717) is 11.1 Å². The Kier molecular flexibility index (Phi) is 5.85. The van der Waals surface area contributed by atoms with Gasteiger partial charge in [-0.2, -0.15) is 0 Å². The van der Waals surface area contributed by atoms with Crippen molar-refractivity contribution in [3.8, 4) is 11.4 Å². The first-order valence-corrected chi connectivity index (χ1v) is 8.96. The normalized spacial score (nSPS) is 16.4. The number of likely N-dealkylation sites (N-methyl/N-ethyl adjacent to an activating group) is 1. The molecule has 2 aromatic heterocycles. The van der Waals surface area contributed by atoms with Crippen molar-refractivity contribution < 1.29 is 4.79 Å². The molecule has 1 unspecified atom stereocenters. The number of para-hydroxylation sites is 2. The molecule has 0 radical (unpaired) electrons. The number of fused-ring (bicyclic) bond motifs is 1. The van der Waals surface area contributed by atoms with Crippen LogP contribution in [0.25, 0.3) is 22.4 Å². The topological polar surface area (TPSA) is 73.9 Å². The third-order valence-electron chi connectivity index (χ3n) is 4.41. The van der Waals surface area contributed by atoms with E-state index >= 15 is 0 Å². The zero-order chi connectivity index (χ0) is 18.5. The summed E-state index contributed by atoms with van der Waals surface area (Å²) in [5.41, 5.74) is 2.84. The minimum atomic E-state index is 0.516. The van der Waals surface area contributed by atoms with Crippen LogP contribution in [0, 0.1) is 0 Å². The third-order valence-corrected chi connectivity index (χ3v) is 4.71. The zero-order valence-electron chi connectivity index (χ0n) is 14.9. The van der Waals surface area contributed by atoms with Crippen LogP contribution in [0.3, 0.4) is 0 Å². The molecule has 6 nitrogen and oxygen atoms in total. The van der Waals surface area contributed by atoms with E-state index < -0.39 is 0 Å². The molecule has 0 saturated carbocycles. The van der Waals surface area contributed by atoms with Crippen LogP contribution < -0.4 is 10.2 Å². The molecule has 0 amide bonds. The van der Waals surface area contributed by atoms with E-state index in [4.69, 9.17) is 16.4 Å². The number of benzene rings is 1. The maximum atomic E-state index is 8.81. The first kappa shape index (κ1) is 18.4. The van der Waals surface area contributed by atoms with Crippen LogP contribution in [0.15, 0.2) is 36.5 Å². The molecule has 1 atom stereocenters. The Balaban J connectivity index is 0.000000613. The fraction of sp³-hybridized carbons (Fsp3) is 0.316. The van der Waals surface area contributed by atoms with Gasteiger partial charge in [-0.05, 0) is 38.6 Å². The summed E-state index contributed by atoms with van der Waals surface area (Å²) < 4.78 is 0. The highest BCUT2D eigenvalue weighted by molar-refractivity contribution is 6.33. The predicted molar refractivity (Wildman–Crippen MR) is 106 cm³/mol. The van der Waals surface area contributed by atoms with Gasteiger partial charge in [-0.15, -0.1) is 0 Å². The number of H-pyrrole nitrogens is 1. The molecule has 7 heteroatoms. The molecule has 4 rings (SSSR count). The fourth-order valence-electron chi connectivity index (χ4n) is 3.07. The summed E-state index contributed by atoms with van der Waals surface area (Å²) in [5.74, 6) is 1.73. The van der Waals surface area contributed by atoms with Gasteiger partial charge in [0.05, 0.1) is 16.1 Å². The maximum absolute atomic E-state index is 8.81. The van der Waals surface area contributed by atoms with E-state index in [1.807, 2.05) is 37.4 Å². The second kappa shape index (κ2) is 8.29. The van der Waals surface area contributed by atoms with Crippen molar-refractivity contribution in [3.05, 3.63) is 41.6 Å². The number of rotatable bonds is 3.